The van der Waals surface area contributed by atoms with E-state index in [0.29, 0.717) is 56.7 Å². The van der Waals surface area contributed by atoms with Gasteiger partial charge < -0.3 is 14.1 Å². The second-order valence-corrected chi connectivity index (χ2v) is 8.11. The van der Waals surface area contributed by atoms with Crippen molar-refractivity contribution in [2.45, 2.75) is 51.6 Å². The van der Waals surface area contributed by atoms with Gasteiger partial charge in [-0.2, -0.15) is 0 Å². The molecule has 0 saturated carbocycles. The summed E-state index contributed by atoms with van der Waals surface area (Å²) in [4.78, 5) is 50.6. The van der Waals surface area contributed by atoms with E-state index in [-0.39, 0.29) is 34.8 Å². The number of ether oxygens (including phenoxy) is 1. The molecule has 1 unspecified atom stereocenters. The molecule has 1 aromatic heterocycles. The lowest BCUT2D eigenvalue weighted by atomic mass is 9.71. The number of carbonyl (C=O) groups is 3. The zero-order valence-electron chi connectivity index (χ0n) is 15.9. The van der Waals surface area contributed by atoms with Crippen molar-refractivity contribution in [2.75, 3.05) is 19.7 Å². The minimum absolute atomic E-state index is 0.0511. The van der Waals surface area contributed by atoms with Crippen molar-refractivity contribution in [3.8, 4) is 0 Å². The lowest BCUT2D eigenvalue weighted by molar-refractivity contribution is -0.139. The Morgan fingerprint density at radius 2 is 1.86 bits per heavy atom. The molecule has 0 radical (unpaired) electrons. The van der Waals surface area contributed by atoms with E-state index in [2.05, 4.69) is 5.32 Å². The molecule has 150 valence electrons. The highest BCUT2D eigenvalue weighted by Gasteiger charge is 2.43. The number of hydrogen-bond donors (Lipinski definition) is 1. The number of nitrogens with zero attached hydrogens (tertiary/aromatic N) is 1. The molecule has 28 heavy (non-hydrogen) atoms. The third-order valence-electron chi connectivity index (χ3n) is 6.09. The molecule has 1 atom stereocenters. The first-order chi connectivity index (χ1) is 13.4. The van der Waals surface area contributed by atoms with Crippen LogP contribution in [0.5, 0.6) is 0 Å². The standard InChI is InChI=1S/C20H24N2O6/c1-12-9-14(13-3-2-8-27-13)28-19(26)17(12)18(25)22-6-4-20(5-7-22)10-15(23)21-16(24)11-20/h9,13H,2-8,10-11H2,1H3,(H,21,23,24). The van der Waals surface area contributed by atoms with Crippen LogP contribution in [0, 0.1) is 12.3 Å². The van der Waals surface area contributed by atoms with E-state index in [0.717, 1.165) is 12.8 Å². The van der Waals surface area contributed by atoms with Crippen molar-refractivity contribution in [3.05, 3.63) is 33.4 Å². The lowest BCUT2D eigenvalue weighted by Crippen LogP contribution is -2.51. The molecule has 3 amide bonds. The van der Waals surface area contributed by atoms with Gasteiger partial charge in [-0.15, -0.1) is 0 Å². The number of imide groups is 1. The summed E-state index contributed by atoms with van der Waals surface area (Å²) in [5.74, 6) is -0.387. The van der Waals surface area contributed by atoms with Crippen LogP contribution < -0.4 is 10.9 Å². The first-order valence-electron chi connectivity index (χ1n) is 9.75. The summed E-state index contributed by atoms with van der Waals surface area (Å²) in [5, 5.41) is 2.33. The molecule has 0 aliphatic carbocycles. The number of amides is 3. The molecule has 8 nitrogen and oxygen atoms in total. The second kappa shape index (κ2) is 7.16. The van der Waals surface area contributed by atoms with E-state index in [1.165, 1.54) is 0 Å². The first-order valence-corrected chi connectivity index (χ1v) is 9.75. The molecule has 3 saturated heterocycles. The number of hydrogen-bond acceptors (Lipinski definition) is 6. The molecule has 1 N–H and O–H groups in total. The van der Waals surface area contributed by atoms with Crippen LogP contribution in [0.25, 0.3) is 0 Å². The smallest absolute Gasteiger partial charge is 0.349 e. The number of rotatable bonds is 2. The van der Waals surface area contributed by atoms with Gasteiger partial charge in [-0.05, 0) is 49.7 Å². The highest BCUT2D eigenvalue weighted by atomic mass is 16.5. The molecule has 4 heterocycles. The Hall–Kier alpha value is -2.48. The Labute approximate surface area is 162 Å². The molecule has 0 aromatic carbocycles. The molecule has 1 aromatic rings. The minimum atomic E-state index is -0.636. The van der Waals surface area contributed by atoms with Crippen LogP contribution in [0.4, 0.5) is 0 Å². The van der Waals surface area contributed by atoms with Gasteiger partial charge in [0.2, 0.25) is 11.8 Å². The summed E-state index contributed by atoms with van der Waals surface area (Å²) in [5.41, 5.74) is -0.378. The Bertz CT molecular complexity index is 857. The average Bonchev–Trinajstić information content (AvgIpc) is 3.15. The van der Waals surface area contributed by atoms with Crippen LogP contribution in [0.2, 0.25) is 0 Å². The monoisotopic (exact) mass is 388 g/mol. The van der Waals surface area contributed by atoms with Gasteiger partial charge in [0.25, 0.3) is 5.91 Å². The van der Waals surface area contributed by atoms with Crippen molar-refractivity contribution in [1.29, 1.82) is 0 Å². The largest absolute Gasteiger partial charge is 0.424 e. The molecule has 3 fully saturated rings. The van der Waals surface area contributed by atoms with Crippen molar-refractivity contribution in [3.63, 3.8) is 0 Å². The van der Waals surface area contributed by atoms with Gasteiger partial charge in [0.15, 0.2) is 0 Å². The van der Waals surface area contributed by atoms with E-state index >= 15 is 0 Å². The highest BCUT2D eigenvalue weighted by molar-refractivity contribution is 5.98. The molecule has 1 spiro atoms. The summed E-state index contributed by atoms with van der Waals surface area (Å²) in [6, 6.07) is 1.72. The Balaban J connectivity index is 1.49. The van der Waals surface area contributed by atoms with Crippen LogP contribution in [0.15, 0.2) is 15.3 Å². The van der Waals surface area contributed by atoms with Gasteiger partial charge in [0, 0.05) is 32.5 Å². The molecule has 8 heteroatoms. The van der Waals surface area contributed by atoms with Crippen LogP contribution in [-0.2, 0) is 14.3 Å². The predicted octanol–water partition coefficient (Wildman–Crippen LogP) is 1.46. The zero-order chi connectivity index (χ0) is 19.9. The number of nitrogens with one attached hydrogen (secondary N) is 1. The maximum Gasteiger partial charge on any atom is 0.349 e. The summed E-state index contributed by atoms with van der Waals surface area (Å²) < 4.78 is 11.0. The SMILES string of the molecule is Cc1cc(C2CCCO2)oc(=O)c1C(=O)N1CCC2(CC1)CC(=O)NC(=O)C2. The van der Waals surface area contributed by atoms with E-state index in [4.69, 9.17) is 9.15 Å². The zero-order valence-corrected chi connectivity index (χ0v) is 15.9. The van der Waals surface area contributed by atoms with E-state index in [1.54, 1.807) is 17.9 Å². The van der Waals surface area contributed by atoms with Gasteiger partial charge in [0.1, 0.15) is 17.4 Å². The molecule has 3 aliphatic rings. The summed E-state index contributed by atoms with van der Waals surface area (Å²) in [6.07, 6.45) is 3.24. The second-order valence-electron chi connectivity index (χ2n) is 8.11. The normalized spacial score (nSPS) is 24.5. The van der Waals surface area contributed by atoms with Crippen molar-refractivity contribution in [1.82, 2.24) is 10.2 Å². The maximum absolute atomic E-state index is 13.0. The predicted molar refractivity (Wildman–Crippen MR) is 97.6 cm³/mol. The topological polar surface area (TPSA) is 106 Å². The number of piperidine rings is 2. The third-order valence-corrected chi connectivity index (χ3v) is 6.09. The van der Waals surface area contributed by atoms with Gasteiger partial charge >= 0.3 is 5.63 Å². The van der Waals surface area contributed by atoms with Crippen LogP contribution >= 0.6 is 0 Å². The first kappa shape index (κ1) is 18.9. The summed E-state index contributed by atoms with van der Waals surface area (Å²) >= 11 is 0. The summed E-state index contributed by atoms with van der Waals surface area (Å²) in [6.45, 7) is 3.19. The van der Waals surface area contributed by atoms with Gasteiger partial charge in [-0.25, -0.2) is 4.79 Å². The van der Waals surface area contributed by atoms with E-state index in [1.807, 2.05) is 0 Å². The van der Waals surface area contributed by atoms with Gasteiger partial charge in [-0.3, -0.25) is 19.7 Å². The summed E-state index contributed by atoms with van der Waals surface area (Å²) in [7, 11) is 0. The Morgan fingerprint density at radius 1 is 1.18 bits per heavy atom. The number of aryl methyl sites for hydroxylation is 1. The fourth-order valence-corrected chi connectivity index (χ4v) is 4.53. The molecular formula is C20H24N2O6. The molecular weight excluding hydrogens is 364 g/mol. The van der Waals surface area contributed by atoms with Crippen LogP contribution in [-0.4, -0.2) is 42.3 Å². The van der Waals surface area contributed by atoms with Crippen LogP contribution in [0.1, 0.15) is 66.3 Å². The van der Waals surface area contributed by atoms with Crippen molar-refractivity contribution >= 4 is 17.7 Å². The van der Waals surface area contributed by atoms with Crippen molar-refractivity contribution < 1.29 is 23.5 Å². The minimum Gasteiger partial charge on any atom is -0.424 e. The molecule has 3 aliphatic heterocycles. The number of likely N-dealkylation sites (tertiary alicyclic amines) is 1. The highest BCUT2D eigenvalue weighted by Crippen LogP contribution is 2.40. The molecule has 0 bridgehead atoms. The Morgan fingerprint density at radius 3 is 2.43 bits per heavy atom. The van der Waals surface area contributed by atoms with Gasteiger partial charge in [-0.1, -0.05) is 0 Å². The maximum atomic E-state index is 13.0. The Kier molecular flexibility index (Phi) is 4.82. The fourth-order valence-electron chi connectivity index (χ4n) is 4.53. The lowest BCUT2D eigenvalue weighted by Gasteiger charge is -2.43. The van der Waals surface area contributed by atoms with Crippen LogP contribution in [0.3, 0.4) is 0 Å². The molecule has 4 rings (SSSR count). The quantitative estimate of drug-likeness (QED) is 0.769. The fraction of sp³-hybridized carbons (Fsp3) is 0.600. The average molecular weight is 388 g/mol. The number of carbonyl (C=O) groups excluding carboxylic acids is 3. The third kappa shape index (κ3) is 3.48. The van der Waals surface area contributed by atoms with E-state index < -0.39 is 5.63 Å². The van der Waals surface area contributed by atoms with Gasteiger partial charge in [0.05, 0.1) is 0 Å². The van der Waals surface area contributed by atoms with E-state index in [9.17, 15) is 19.2 Å². The van der Waals surface area contributed by atoms with Crippen molar-refractivity contribution in [2.24, 2.45) is 5.41 Å².